The van der Waals surface area contributed by atoms with Gasteiger partial charge in [-0.25, -0.2) is 0 Å². The minimum absolute atomic E-state index is 0.00106. The van der Waals surface area contributed by atoms with Crippen LogP contribution in [-0.4, -0.2) is 0 Å². The van der Waals surface area contributed by atoms with Crippen molar-refractivity contribution in [2.24, 2.45) is 0 Å². The molecule has 182 valence electrons. The van der Waals surface area contributed by atoms with Crippen molar-refractivity contribution in [3.8, 4) is 22.3 Å². The van der Waals surface area contributed by atoms with Gasteiger partial charge in [0.05, 0.1) is 0 Å². The Kier molecular flexibility index (Phi) is 4.63. The largest absolute Gasteiger partial charge is 0.368 e. The molecule has 38 heavy (non-hydrogen) atoms. The van der Waals surface area contributed by atoms with Crippen LogP contribution in [0.2, 0.25) is 0 Å². The number of anilines is 1. The fourth-order valence-corrected chi connectivity index (χ4v) is 7.79. The van der Waals surface area contributed by atoms with Crippen LogP contribution in [0.5, 0.6) is 0 Å². The molecule has 1 N–H and O–H groups in total. The molecule has 0 saturated heterocycles. The van der Waals surface area contributed by atoms with Crippen molar-refractivity contribution in [2.75, 3.05) is 5.32 Å². The van der Waals surface area contributed by atoms with Gasteiger partial charge in [0.1, 0.15) is 5.37 Å². The van der Waals surface area contributed by atoms with Gasteiger partial charge in [0.2, 0.25) is 0 Å². The average Bonchev–Trinajstić information content (AvgIpc) is 3.50. The van der Waals surface area contributed by atoms with Crippen molar-refractivity contribution in [1.82, 2.24) is 0 Å². The molecule has 1 atom stereocenters. The Morgan fingerprint density at radius 3 is 2.21 bits per heavy atom. The van der Waals surface area contributed by atoms with Crippen molar-refractivity contribution >= 4 is 39.0 Å². The minimum atomic E-state index is 0.00106. The van der Waals surface area contributed by atoms with Gasteiger partial charge in [-0.2, -0.15) is 0 Å². The standard InChI is InChI=1S/C36H27NS/c1-36(2)30-11-7-6-10-27(30)28-18-16-26(21-31(28)36)25-15-13-22-12-14-23-17-19-32-34(33(23)29(22)20-25)38-35(37-32)24-8-4-3-5-9-24/h3-21,35,37H,1-2H3. The van der Waals surface area contributed by atoms with Crippen LogP contribution in [0, 0.1) is 0 Å². The fraction of sp³-hybridized carbons (Fsp3) is 0.111. The summed E-state index contributed by atoms with van der Waals surface area (Å²) in [6.07, 6.45) is 0. The van der Waals surface area contributed by atoms with Gasteiger partial charge in [-0.1, -0.05) is 123 Å². The first-order chi connectivity index (χ1) is 18.6. The lowest BCUT2D eigenvalue weighted by Gasteiger charge is -2.22. The van der Waals surface area contributed by atoms with Crippen LogP contribution < -0.4 is 5.32 Å². The molecule has 0 amide bonds. The smallest absolute Gasteiger partial charge is 0.103 e. The van der Waals surface area contributed by atoms with Gasteiger partial charge < -0.3 is 5.32 Å². The molecule has 1 nitrogen and oxygen atoms in total. The Morgan fingerprint density at radius 2 is 1.32 bits per heavy atom. The first-order valence-electron chi connectivity index (χ1n) is 13.3. The molecule has 8 rings (SSSR count). The molecule has 1 aliphatic carbocycles. The monoisotopic (exact) mass is 505 g/mol. The van der Waals surface area contributed by atoms with Gasteiger partial charge >= 0.3 is 0 Å². The maximum Gasteiger partial charge on any atom is 0.103 e. The number of hydrogen-bond acceptors (Lipinski definition) is 2. The van der Waals surface area contributed by atoms with Gasteiger partial charge in [-0.05, 0) is 73.3 Å². The van der Waals surface area contributed by atoms with Crippen molar-refractivity contribution in [2.45, 2.75) is 29.5 Å². The summed E-state index contributed by atoms with van der Waals surface area (Å²) in [5.41, 5.74) is 10.7. The zero-order chi connectivity index (χ0) is 25.4. The summed E-state index contributed by atoms with van der Waals surface area (Å²) >= 11 is 1.93. The third-order valence-corrected chi connectivity index (χ3v) is 9.78. The zero-order valence-electron chi connectivity index (χ0n) is 21.5. The summed E-state index contributed by atoms with van der Waals surface area (Å²) in [6.45, 7) is 4.71. The highest BCUT2D eigenvalue weighted by Crippen LogP contribution is 2.52. The normalized spacial score (nSPS) is 16.7. The Morgan fingerprint density at radius 1 is 0.632 bits per heavy atom. The Bertz CT molecular complexity index is 1900. The highest BCUT2D eigenvalue weighted by Gasteiger charge is 2.35. The maximum atomic E-state index is 3.76. The van der Waals surface area contributed by atoms with E-state index in [2.05, 4.69) is 134 Å². The zero-order valence-corrected chi connectivity index (χ0v) is 22.3. The quantitative estimate of drug-likeness (QED) is 0.235. The highest BCUT2D eigenvalue weighted by molar-refractivity contribution is 8.00. The molecule has 2 aliphatic rings. The summed E-state index contributed by atoms with van der Waals surface area (Å²) in [5, 5.41) is 9.25. The van der Waals surface area contributed by atoms with Crippen LogP contribution in [0.4, 0.5) is 5.69 Å². The van der Waals surface area contributed by atoms with Crippen LogP contribution >= 0.6 is 11.8 Å². The fourth-order valence-electron chi connectivity index (χ4n) is 6.48. The molecule has 0 radical (unpaired) electrons. The molecule has 0 aromatic heterocycles. The Hall–Kier alpha value is -4.01. The predicted molar refractivity (Wildman–Crippen MR) is 163 cm³/mol. The lowest BCUT2D eigenvalue weighted by molar-refractivity contribution is 0.660. The van der Waals surface area contributed by atoms with Crippen LogP contribution in [0.3, 0.4) is 0 Å². The summed E-state index contributed by atoms with van der Waals surface area (Å²) in [5.74, 6) is 0. The first kappa shape index (κ1) is 22.0. The van der Waals surface area contributed by atoms with E-state index in [9.17, 15) is 0 Å². The van der Waals surface area contributed by atoms with Gasteiger partial charge in [0.25, 0.3) is 0 Å². The van der Waals surface area contributed by atoms with Gasteiger partial charge in [-0.15, -0.1) is 0 Å². The predicted octanol–water partition coefficient (Wildman–Crippen LogP) is 10.2. The number of fused-ring (bicyclic) bond motifs is 8. The maximum absolute atomic E-state index is 3.76. The molecule has 0 saturated carbocycles. The van der Waals surface area contributed by atoms with Gasteiger partial charge in [-0.3, -0.25) is 0 Å². The van der Waals surface area contributed by atoms with Crippen molar-refractivity contribution in [1.29, 1.82) is 0 Å². The molecule has 0 spiro atoms. The van der Waals surface area contributed by atoms with E-state index in [1.807, 2.05) is 11.8 Å². The number of benzene rings is 6. The number of rotatable bonds is 2. The molecule has 2 heteroatoms. The SMILES string of the molecule is CC1(C)c2ccccc2-c2ccc(-c3ccc4ccc5ccc6c(c5c4c3)SC(c3ccccc3)N6)cc21. The summed E-state index contributed by atoms with van der Waals surface area (Å²) < 4.78 is 0. The van der Waals surface area contributed by atoms with Crippen molar-refractivity contribution < 1.29 is 0 Å². The highest BCUT2D eigenvalue weighted by atomic mass is 32.2. The number of nitrogens with one attached hydrogen (secondary N) is 1. The van der Waals surface area contributed by atoms with Crippen LogP contribution in [-0.2, 0) is 5.41 Å². The molecule has 0 fully saturated rings. The topological polar surface area (TPSA) is 12.0 Å². The van der Waals surface area contributed by atoms with Crippen molar-refractivity contribution in [3.63, 3.8) is 0 Å². The first-order valence-corrected chi connectivity index (χ1v) is 14.2. The Balaban J connectivity index is 1.28. The lowest BCUT2D eigenvalue weighted by atomic mass is 9.81. The van der Waals surface area contributed by atoms with E-state index >= 15 is 0 Å². The molecule has 1 unspecified atom stereocenters. The van der Waals surface area contributed by atoms with E-state index in [0.29, 0.717) is 0 Å². The second-order valence-electron chi connectivity index (χ2n) is 11.0. The van der Waals surface area contributed by atoms with E-state index < -0.39 is 0 Å². The summed E-state index contributed by atoms with van der Waals surface area (Å²) in [6, 6.07) is 42.7. The second-order valence-corrected chi connectivity index (χ2v) is 12.1. The van der Waals surface area contributed by atoms with E-state index in [4.69, 9.17) is 0 Å². The summed E-state index contributed by atoms with van der Waals surface area (Å²) in [7, 11) is 0. The second kappa shape index (κ2) is 7.99. The third-order valence-electron chi connectivity index (χ3n) is 8.50. The molecular formula is C36H27NS. The molecule has 6 aromatic carbocycles. The minimum Gasteiger partial charge on any atom is -0.368 e. The van der Waals surface area contributed by atoms with Crippen molar-refractivity contribution in [3.05, 3.63) is 132 Å². The molecule has 0 bridgehead atoms. The van der Waals surface area contributed by atoms with Gasteiger partial charge in [0.15, 0.2) is 0 Å². The summed E-state index contributed by atoms with van der Waals surface area (Å²) in [4.78, 5) is 1.35. The van der Waals surface area contributed by atoms with Gasteiger partial charge in [0, 0.05) is 21.4 Å². The molecule has 1 aliphatic heterocycles. The third kappa shape index (κ3) is 3.14. The molecular weight excluding hydrogens is 478 g/mol. The average molecular weight is 506 g/mol. The Labute approximate surface area is 227 Å². The van der Waals surface area contributed by atoms with E-state index in [-0.39, 0.29) is 10.8 Å². The molecule has 1 heterocycles. The van der Waals surface area contributed by atoms with E-state index in [0.717, 1.165) is 0 Å². The van der Waals surface area contributed by atoms with Crippen LogP contribution in [0.15, 0.2) is 120 Å². The molecule has 6 aromatic rings. The van der Waals surface area contributed by atoms with Crippen LogP contribution in [0.25, 0.3) is 43.8 Å². The lowest BCUT2D eigenvalue weighted by Crippen LogP contribution is -2.14. The number of thioether (sulfide) groups is 1. The van der Waals surface area contributed by atoms with E-state index in [1.165, 1.54) is 71.1 Å². The van der Waals surface area contributed by atoms with E-state index in [1.54, 1.807) is 0 Å². The number of hydrogen-bond donors (Lipinski definition) is 1. The van der Waals surface area contributed by atoms with Crippen LogP contribution in [0.1, 0.15) is 35.9 Å².